The molecule has 8 heteroatoms. The number of aromatic hydroxyl groups is 1. The molecule has 0 radical (unpaired) electrons. The maximum Gasteiger partial charge on any atom is 0.272 e. The molecule has 1 amide bonds. The molecule has 134 valence electrons. The minimum absolute atomic E-state index is 0.0884. The highest BCUT2D eigenvalue weighted by atomic mass is 35.5. The van der Waals surface area contributed by atoms with Gasteiger partial charge in [0.05, 0.1) is 23.3 Å². The van der Waals surface area contributed by atoms with Crippen molar-refractivity contribution in [2.45, 2.75) is 6.54 Å². The van der Waals surface area contributed by atoms with Gasteiger partial charge < -0.3 is 19.7 Å². The number of hydrogen-bond acceptors (Lipinski definition) is 4. The number of anilines is 1. The highest BCUT2D eigenvalue weighted by Gasteiger charge is 2.15. The molecule has 0 bridgehead atoms. The second-order valence-electron chi connectivity index (χ2n) is 5.78. The van der Waals surface area contributed by atoms with E-state index in [1.165, 1.54) is 12.1 Å². The van der Waals surface area contributed by atoms with Crippen LogP contribution in [0, 0.1) is 0 Å². The number of carbonyl (C=O) groups is 1. The number of morpholine rings is 1. The van der Waals surface area contributed by atoms with Crippen LogP contribution in [0.5, 0.6) is 5.75 Å². The molecule has 2 N–H and O–H groups in total. The van der Waals surface area contributed by atoms with E-state index in [9.17, 15) is 9.90 Å². The van der Waals surface area contributed by atoms with E-state index in [1.54, 1.807) is 6.07 Å². The number of hydrogen-bond donors (Lipinski definition) is 2. The molecule has 1 aliphatic rings. The van der Waals surface area contributed by atoms with E-state index in [2.05, 4.69) is 10.2 Å². The first-order valence-corrected chi connectivity index (χ1v) is 8.75. The topological polar surface area (TPSA) is 66.7 Å². The summed E-state index contributed by atoms with van der Waals surface area (Å²) in [7, 11) is 0. The largest absolute Gasteiger partial charge is 0.505 e. The van der Waals surface area contributed by atoms with E-state index in [0.29, 0.717) is 17.9 Å². The Morgan fingerprint density at radius 1 is 1.20 bits per heavy atom. The zero-order valence-corrected chi connectivity index (χ0v) is 15.1. The molecule has 0 spiro atoms. The Kier molecular flexibility index (Phi) is 5.86. The number of phenolic OH excluding ortho intramolecular Hbond substituents is 1. The molecule has 1 aromatic heterocycles. The highest BCUT2D eigenvalue weighted by molar-refractivity contribution is 6.37. The summed E-state index contributed by atoms with van der Waals surface area (Å²) in [5.74, 6) is -0.458. The van der Waals surface area contributed by atoms with Crippen LogP contribution in [0.1, 0.15) is 10.5 Å². The number of nitrogens with one attached hydrogen (secondary N) is 1. The first kappa shape index (κ1) is 18.1. The van der Waals surface area contributed by atoms with Gasteiger partial charge in [-0.25, -0.2) is 0 Å². The van der Waals surface area contributed by atoms with Gasteiger partial charge in [-0.3, -0.25) is 9.69 Å². The maximum atomic E-state index is 12.5. The fraction of sp³-hybridized carbons (Fsp3) is 0.353. The lowest BCUT2D eigenvalue weighted by Gasteiger charge is -2.26. The van der Waals surface area contributed by atoms with Crippen LogP contribution in [0.2, 0.25) is 10.0 Å². The molecule has 1 saturated heterocycles. The Morgan fingerprint density at radius 2 is 1.88 bits per heavy atom. The number of amides is 1. The molecule has 0 saturated carbocycles. The van der Waals surface area contributed by atoms with E-state index in [1.807, 2.05) is 16.8 Å². The van der Waals surface area contributed by atoms with Gasteiger partial charge in [-0.2, -0.15) is 0 Å². The smallest absolute Gasteiger partial charge is 0.272 e. The summed E-state index contributed by atoms with van der Waals surface area (Å²) >= 11 is 11.8. The molecule has 3 rings (SSSR count). The fourth-order valence-electron chi connectivity index (χ4n) is 2.72. The summed E-state index contributed by atoms with van der Waals surface area (Å²) in [4.78, 5) is 14.9. The molecule has 0 aliphatic carbocycles. The van der Waals surface area contributed by atoms with Gasteiger partial charge in [0.15, 0.2) is 5.75 Å². The Morgan fingerprint density at radius 3 is 2.56 bits per heavy atom. The third kappa shape index (κ3) is 4.46. The number of ether oxygens (including phenoxy) is 1. The predicted molar refractivity (Wildman–Crippen MR) is 97.8 cm³/mol. The lowest BCUT2D eigenvalue weighted by atomic mass is 10.3. The van der Waals surface area contributed by atoms with Crippen LogP contribution < -0.4 is 5.32 Å². The van der Waals surface area contributed by atoms with E-state index < -0.39 is 0 Å². The van der Waals surface area contributed by atoms with Crippen LogP contribution >= 0.6 is 23.2 Å². The zero-order chi connectivity index (χ0) is 17.8. The molecule has 2 aromatic rings. The van der Waals surface area contributed by atoms with Crippen LogP contribution in [-0.2, 0) is 11.3 Å². The number of nitrogens with zero attached hydrogens (tertiary/aromatic N) is 2. The quantitative estimate of drug-likeness (QED) is 0.778. The molecule has 0 atom stereocenters. The molecule has 1 fully saturated rings. The summed E-state index contributed by atoms with van der Waals surface area (Å²) in [6.07, 6.45) is 1.88. The normalized spacial score (nSPS) is 15.3. The number of aromatic nitrogens is 1. The van der Waals surface area contributed by atoms with Crippen molar-refractivity contribution in [1.29, 1.82) is 0 Å². The number of phenols is 1. The number of benzene rings is 1. The van der Waals surface area contributed by atoms with Gasteiger partial charge in [-0.1, -0.05) is 23.2 Å². The number of halogens is 2. The van der Waals surface area contributed by atoms with Gasteiger partial charge >= 0.3 is 0 Å². The average molecular weight is 384 g/mol. The van der Waals surface area contributed by atoms with E-state index in [-0.39, 0.29) is 21.7 Å². The number of carbonyl (C=O) groups excluding carboxylic acids is 1. The Hall–Kier alpha value is -1.73. The highest BCUT2D eigenvalue weighted by Crippen LogP contribution is 2.34. The minimum Gasteiger partial charge on any atom is -0.505 e. The van der Waals surface area contributed by atoms with Gasteiger partial charge in [-0.15, -0.1) is 0 Å². The molecular formula is C17H19Cl2N3O3. The lowest BCUT2D eigenvalue weighted by molar-refractivity contribution is 0.0363. The number of rotatable bonds is 5. The predicted octanol–water partition coefficient (Wildman–Crippen LogP) is 3.09. The summed E-state index contributed by atoms with van der Waals surface area (Å²) in [5.41, 5.74) is 0.979. The van der Waals surface area contributed by atoms with Crippen LogP contribution in [0.15, 0.2) is 30.5 Å². The van der Waals surface area contributed by atoms with E-state index >= 15 is 0 Å². The third-order valence-corrected chi connectivity index (χ3v) is 4.67. The molecule has 0 unspecified atom stereocenters. The van der Waals surface area contributed by atoms with Crippen molar-refractivity contribution in [1.82, 2.24) is 9.47 Å². The average Bonchev–Trinajstić information content (AvgIpc) is 3.07. The molecule has 1 aliphatic heterocycles. The Labute approximate surface area is 155 Å². The molecule has 6 nitrogen and oxygen atoms in total. The van der Waals surface area contributed by atoms with Crippen molar-refractivity contribution in [2.75, 3.05) is 38.2 Å². The summed E-state index contributed by atoms with van der Waals surface area (Å²) in [6, 6.07) is 6.52. The van der Waals surface area contributed by atoms with Gasteiger partial charge in [0, 0.05) is 38.1 Å². The van der Waals surface area contributed by atoms with Crippen molar-refractivity contribution >= 4 is 34.8 Å². The second-order valence-corrected chi connectivity index (χ2v) is 6.60. The lowest BCUT2D eigenvalue weighted by Crippen LogP contribution is -2.38. The Bertz CT molecular complexity index is 734. The SMILES string of the molecule is O=C(Nc1cc(Cl)c(O)c(Cl)c1)c1cccn1CCN1CCOCC1. The van der Waals surface area contributed by atoms with Crippen molar-refractivity contribution in [3.05, 3.63) is 46.2 Å². The second kappa shape index (κ2) is 8.10. The Balaban J connectivity index is 1.65. The van der Waals surface area contributed by atoms with Gasteiger partial charge in [0.1, 0.15) is 5.69 Å². The third-order valence-electron chi connectivity index (χ3n) is 4.10. The maximum absolute atomic E-state index is 12.5. The van der Waals surface area contributed by atoms with Gasteiger partial charge in [-0.05, 0) is 24.3 Å². The first-order valence-electron chi connectivity index (χ1n) is 7.99. The van der Waals surface area contributed by atoms with Crippen LogP contribution in [0.4, 0.5) is 5.69 Å². The summed E-state index contributed by atoms with van der Waals surface area (Å²) in [5, 5.41) is 12.5. The summed E-state index contributed by atoms with van der Waals surface area (Å²) in [6.45, 7) is 4.89. The van der Waals surface area contributed by atoms with Gasteiger partial charge in [0.2, 0.25) is 0 Å². The summed E-state index contributed by atoms with van der Waals surface area (Å²) < 4.78 is 7.25. The zero-order valence-electron chi connectivity index (χ0n) is 13.5. The van der Waals surface area contributed by atoms with Crippen molar-refractivity contribution in [3.63, 3.8) is 0 Å². The fourth-order valence-corrected chi connectivity index (χ4v) is 3.21. The molecule has 25 heavy (non-hydrogen) atoms. The van der Waals surface area contributed by atoms with E-state index in [4.69, 9.17) is 27.9 Å². The standard InChI is InChI=1S/C17H19Cl2N3O3/c18-13-10-12(11-14(19)16(13)23)20-17(24)15-2-1-3-22(15)5-4-21-6-8-25-9-7-21/h1-3,10-11,23H,4-9H2,(H,20,24). The van der Waals surface area contributed by atoms with Crippen molar-refractivity contribution < 1.29 is 14.6 Å². The molecule has 2 heterocycles. The van der Waals surface area contributed by atoms with Crippen LogP contribution in [-0.4, -0.2) is 53.3 Å². The van der Waals surface area contributed by atoms with E-state index in [0.717, 1.165) is 32.8 Å². The first-order chi connectivity index (χ1) is 12.0. The van der Waals surface area contributed by atoms with Crippen molar-refractivity contribution in [3.8, 4) is 5.75 Å². The van der Waals surface area contributed by atoms with Gasteiger partial charge in [0.25, 0.3) is 5.91 Å². The van der Waals surface area contributed by atoms with Crippen LogP contribution in [0.3, 0.4) is 0 Å². The molecule has 1 aromatic carbocycles. The van der Waals surface area contributed by atoms with Crippen molar-refractivity contribution in [2.24, 2.45) is 0 Å². The molecular weight excluding hydrogens is 365 g/mol. The monoisotopic (exact) mass is 383 g/mol. The van der Waals surface area contributed by atoms with Crippen LogP contribution in [0.25, 0.3) is 0 Å². The minimum atomic E-state index is -0.259.